The minimum atomic E-state index is -0.211. The van der Waals surface area contributed by atoms with Crippen LogP contribution in [0.25, 0.3) is 0 Å². The molecule has 1 fully saturated rings. The summed E-state index contributed by atoms with van der Waals surface area (Å²) in [6.07, 6.45) is 3.77. The van der Waals surface area contributed by atoms with Gasteiger partial charge in [-0.15, -0.1) is 0 Å². The Kier molecular flexibility index (Phi) is 7.23. The Morgan fingerprint density at radius 2 is 1.68 bits per heavy atom. The Labute approximate surface area is 174 Å². The smallest absolute Gasteiger partial charge is 0.255 e. The van der Waals surface area contributed by atoms with Crippen LogP contribution in [-0.2, 0) is 0 Å². The number of nitrogens with one attached hydrogen (secondary N) is 2. The van der Waals surface area contributed by atoms with Crippen LogP contribution >= 0.6 is 15.9 Å². The minimum Gasteiger partial charge on any atom is -0.348 e. The zero-order chi connectivity index (χ0) is 19.9. The maximum Gasteiger partial charge on any atom is 0.255 e. The second-order valence-electron chi connectivity index (χ2n) is 7.28. The topological polar surface area (TPSA) is 61.4 Å². The first-order chi connectivity index (χ1) is 13.5. The van der Waals surface area contributed by atoms with Crippen LogP contribution in [0.1, 0.15) is 46.9 Å². The summed E-state index contributed by atoms with van der Waals surface area (Å²) in [5, 5.41) is 5.92. The lowest BCUT2D eigenvalue weighted by Gasteiger charge is -2.29. The number of piperidine rings is 1. The fourth-order valence-electron chi connectivity index (χ4n) is 3.45. The number of halogens is 1. The number of carbonyl (C=O) groups excluding carboxylic acids is 2. The van der Waals surface area contributed by atoms with E-state index in [2.05, 4.69) is 31.5 Å². The van der Waals surface area contributed by atoms with Gasteiger partial charge in [0.05, 0.1) is 0 Å². The van der Waals surface area contributed by atoms with Crippen molar-refractivity contribution < 1.29 is 9.59 Å². The molecule has 2 aromatic rings. The zero-order valence-electron chi connectivity index (χ0n) is 16.1. The second-order valence-corrected chi connectivity index (χ2v) is 8.20. The van der Waals surface area contributed by atoms with Gasteiger partial charge in [-0.25, -0.2) is 0 Å². The number of rotatable bonds is 6. The van der Waals surface area contributed by atoms with Crippen molar-refractivity contribution in [1.29, 1.82) is 0 Å². The zero-order valence-corrected chi connectivity index (χ0v) is 17.7. The van der Waals surface area contributed by atoms with Gasteiger partial charge in [0.25, 0.3) is 11.8 Å². The molecule has 6 heteroatoms. The van der Waals surface area contributed by atoms with E-state index in [0.717, 1.165) is 24.1 Å². The molecule has 1 heterocycles. The van der Waals surface area contributed by atoms with E-state index in [1.165, 1.54) is 19.3 Å². The molecule has 0 saturated carbocycles. The number of likely N-dealkylation sites (tertiary alicyclic amines) is 1. The van der Waals surface area contributed by atoms with Crippen LogP contribution in [0, 0.1) is 0 Å². The summed E-state index contributed by atoms with van der Waals surface area (Å²) < 4.78 is 0.843. The molecule has 0 aromatic heterocycles. The lowest BCUT2D eigenvalue weighted by atomic mass is 10.1. The van der Waals surface area contributed by atoms with Crippen LogP contribution in [0.5, 0.6) is 0 Å². The molecule has 0 bridgehead atoms. The van der Waals surface area contributed by atoms with Crippen LogP contribution in [0.15, 0.2) is 53.0 Å². The van der Waals surface area contributed by atoms with E-state index >= 15 is 0 Å². The molecule has 3 rings (SSSR count). The first-order valence-electron chi connectivity index (χ1n) is 9.71. The Hall–Kier alpha value is -2.18. The third kappa shape index (κ3) is 5.91. The van der Waals surface area contributed by atoms with Crippen molar-refractivity contribution in [2.24, 2.45) is 0 Å². The van der Waals surface area contributed by atoms with Crippen LogP contribution in [-0.4, -0.2) is 42.4 Å². The quantitative estimate of drug-likeness (QED) is 0.698. The first-order valence-corrected chi connectivity index (χ1v) is 10.5. The molecule has 2 N–H and O–H groups in total. The van der Waals surface area contributed by atoms with Gasteiger partial charge in [-0.3, -0.25) is 9.59 Å². The van der Waals surface area contributed by atoms with E-state index in [9.17, 15) is 9.59 Å². The number of carbonyl (C=O) groups is 2. The standard InChI is InChI=1S/C22H26BrN3O2/c1-16(15-26-11-3-2-4-12-26)24-21(27)18-8-6-10-20(14-18)25-22(28)17-7-5-9-19(23)13-17/h5-10,13-14,16H,2-4,11-12,15H2,1H3,(H,24,27)(H,25,28). The second kappa shape index (κ2) is 9.85. The van der Waals surface area contributed by atoms with Gasteiger partial charge in [-0.2, -0.15) is 0 Å². The van der Waals surface area contributed by atoms with Crippen molar-refractivity contribution in [3.8, 4) is 0 Å². The predicted molar refractivity (Wildman–Crippen MR) is 116 cm³/mol. The van der Waals surface area contributed by atoms with Crippen LogP contribution < -0.4 is 10.6 Å². The Morgan fingerprint density at radius 3 is 2.39 bits per heavy atom. The molecule has 28 heavy (non-hydrogen) atoms. The van der Waals surface area contributed by atoms with Crippen molar-refractivity contribution in [1.82, 2.24) is 10.2 Å². The van der Waals surface area contributed by atoms with Gasteiger partial charge < -0.3 is 15.5 Å². The maximum absolute atomic E-state index is 12.6. The van der Waals surface area contributed by atoms with Crippen molar-refractivity contribution in [2.75, 3.05) is 25.0 Å². The molecule has 1 aliphatic rings. The molecule has 0 radical (unpaired) electrons. The van der Waals surface area contributed by atoms with Crippen molar-refractivity contribution in [3.63, 3.8) is 0 Å². The number of hydrogen-bond acceptors (Lipinski definition) is 3. The lowest BCUT2D eigenvalue weighted by molar-refractivity contribution is 0.0924. The molecule has 0 aliphatic carbocycles. The minimum absolute atomic E-state index is 0.0746. The monoisotopic (exact) mass is 443 g/mol. The highest BCUT2D eigenvalue weighted by Gasteiger charge is 2.16. The molecule has 1 unspecified atom stereocenters. The predicted octanol–water partition coefficient (Wildman–Crippen LogP) is 4.31. The summed E-state index contributed by atoms with van der Waals surface area (Å²) in [6, 6.07) is 14.3. The van der Waals surface area contributed by atoms with E-state index in [-0.39, 0.29) is 17.9 Å². The number of nitrogens with zero attached hydrogens (tertiary/aromatic N) is 1. The summed E-state index contributed by atoms with van der Waals surface area (Å²) in [6.45, 7) is 5.12. The van der Waals surface area contributed by atoms with E-state index in [1.807, 2.05) is 19.1 Å². The van der Waals surface area contributed by atoms with Crippen molar-refractivity contribution in [3.05, 3.63) is 64.1 Å². The molecule has 2 amide bonds. The average Bonchev–Trinajstić information content (AvgIpc) is 2.69. The summed E-state index contributed by atoms with van der Waals surface area (Å²) in [7, 11) is 0. The summed E-state index contributed by atoms with van der Waals surface area (Å²) in [5.41, 5.74) is 1.69. The number of amides is 2. The summed E-state index contributed by atoms with van der Waals surface area (Å²) >= 11 is 3.37. The fraction of sp³-hybridized carbons (Fsp3) is 0.364. The molecule has 5 nitrogen and oxygen atoms in total. The number of anilines is 1. The van der Waals surface area contributed by atoms with E-state index in [1.54, 1.807) is 36.4 Å². The Bertz CT molecular complexity index is 834. The van der Waals surface area contributed by atoms with E-state index in [4.69, 9.17) is 0 Å². The highest BCUT2D eigenvalue weighted by atomic mass is 79.9. The third-order valence-corrected chi connectivity index (χ3v) is 5.32. The van der Waals surface area contributed by atoms with Crippen LogP contribution in [0.3, 0.4) is 0 Å². The average molecular weight is 444 g/mol. The van der Waals surface area contributed by atoms with Gasteiger partial charge >= 0.3 is 0 Å². The Morgan fingerprint density at radius 1 is 1.00 bits per heavy atom. The molecule has 2 aromatic carbocycles. The molecule has 1 atom stereocenters. The van der Waals surface area contributed by atoms with Gasteiger partial charge in [0, 0.05) is 33.9 Å². The van der Waals surface area contributed by atoms with Gasteiger partial charge in [0.2, 0.25) is 0 Å². The number of benzene rings is 2. The van der Waals surface area contributed by atoms with Crippen molar-refractivity contribution >= 4 is 33.4 Å². The van der Waals surface area contributed by atoms with Gasteiger partial charge in [-0.1, -0.05) is 34.5 Å². The Balaban J connectivity index is 1.58. The summed E-state index contributed by atoms with van der Waals surface area (Å²) in [4.78, 5) is 27.4. The SMILES string of the molecule is CC(CN1CCCCC1)NC(=O)c1cccc(NC(=O)c2cccc(Br)c2)c1. The molecular formula is C22H26BrN3O2. The first kappa shape index (κ1) is 20.6. The largest absolute Gasteiger partial charge is 0.348 e. The lowest BCUT2D eigenvalue weighted by Crippen LogP contribution is -2.43. The van der Waals surface area contributed by atoms with Gasteiger partial charge in [-0.05, 0) is 69.3 Å². The molecular weight excluding hydrogens is 418 g/mol. The van der Waals surface area contributed by atoms with E-state index < -0.39 is 0 Å². The highest BCUT2D eigenvalue weighted by Crippen LogP contribution is 2.16. The van der Waals surface area contributed by atoms with E-state index in [0.29, 0.717) is 16.8 Å². The molecule has 1 saturated heterocycles. The highest BCUT2D eigenvalue weighted by molar-refractivity contribution is 9.10. The molecule has 1 aliphatic heterocycles. The number of hydrogen-bond donors (Lipinski definition) is 2. The molecule has 0 spiro atoms. The van der Waals surface area contributed by atoms with Crippen molar-refractivity contribution in [2.45, 2.75) is 32.2 Å². The van der Waals surface area contributed by atoms with Crippen LogP contribution in [0.4, 0.5) is 5.69 Å². The fourth-order valence-corrected chi connectivity index (χ4v) is 3.85. The normalized spacial score (nSPS) is 15.6. The van der Waals surface area contributed by atoms with Gasteiger partial charge in [0.1, 0.15) is 0 Å². The third-order valence-electron chi connectivity index (χ3n) is 4.83. The maximum atomic E-state index is 12.6. The summed E-state index contributed by atoms with van der Waals surface area (Å²) in [5.74, 6) is -0.333. The molecule has 148 valence electrons. The van der Waals surface area contributed by atoms with Gasteiger partial charge in [0.15, 0.2) is 0 Å². The van der Waals surface area contributed by atoms with Crippen LogP contribution in [0.2, 0.25) is 0 Å².